The quantitative estimate of drug-likeness (QED) is 0.696. The maximum atomic E-state index is 13.3. The molecule has 2 aliphatic heterocycles. The first kappa shape index (κ1) is 22.5. The van der Waals surface area contributed by atoms with Crippen molar-refractivity contribution in [2.75, 3.05) is 20.3 Å². The van der Waals surface area contributed by atoms with Crippen LogP contribution in [0.3, 0.4) is 0 Å². The largest absolute Gasteiger partial charge is 0.504 e. The highest BCUT2D eigenvalue weighted by Crippen LogP contribution is 2.48. The Kier molecular flexibility index (Phi) is 6.12. The summed E-state index contributed by atoms with van der Waals surface area (Å²) in [6.07, 6.45) is 2.80. The van der Waals surface area contributed by atoms with Crippen molar-refractivity contribution in [3.8, 4) is 11.5 Å². The van der Waals surface area contributed by atoms with Crippen LogP contribution in [0.2, 0.25) is 0 Å². The maximum Gasteiger partial charge on any atom is 0.315 e. The van der Waals surface area contributed by atoms with Gasteiger partial charge in [-0.3, -0.25) is 14.6 Å². The summed E-state index contributed by atoms with van der Waals surface area (Å²) in [7, 11) is 1.47. The van der Waals surface area contributed by atoms with Crippen molar-refractivity contribution in [2.45, 2.75) is 58.5 Å². The lowest BCUT2D eigenvalue weighted by molar-refractivity contribution is -0.149. The van der Waals surface area contributed by atoms with Gasteiger partial charge in [-0.25, -0.2) is 0 Å². The van der Waals surface area contributed by atoms with Crippen LogP contribution in [0.5, 0.6) is 11.5 Å². The second kappa shape index (κ2) is 8.70. The number of methoxy groups -OCH3 is 1. The summed E-state index contributed by atoms with van der Waals surface area (Å²) in [5, 5.41) is 10.1. The molecule has 172 valence electrons. The molecule has 1 aromatic carbocycles. The van der Waals surface area contributed by atoms with Gasteiger partial charge in [-0.05, 0) is 49.3 Å². The molecule has 1 N–H and O–H groups in total. The highest BCUT2D eigenvalue weighted by atomic mass is 16.6. The molecule has 1 saturated heterocycles. The predicted octanol–water partition coefficient (Wildman–Crippen LogP) is 3.94. The van der Waals surface area contributed by atoms with E-state index in [9.17, 15) is 14.7 Å². The molecule has 0 bridgehead atoms. The lowest BCUT2D eigenvalue weighted by Gasteiger charge is -2.39. The number of nitrogens with zero attached hydrogens (tertiary/aromatic N) is 1. The topological polar surface area (TPSA) is 94.4 Å². The Balaban J connectivity index is 1.74. The molecule has 4 rings (SSSR count). The summed E-state index contributed by atoms with van der Waals surface area (Å²) in [6.45, 7) is 6.81. The van der Waals surface area contributed by atoms with Gasteiger partial charge in [0.25, 0.3) is 0 Å². The first-order valence-corrected chi connectivity index (χ1v) is 11.2. The molecule has 2 heterocycles. The van der Waals surface area contributed by atoms with Crippen LogP contribution >= 0.6 is 0 Å². The molecule has 0 radical (unpaired) electrons. The summed E-state index contributed by atoms with van der Waals surface area (Å²) >= 11 is 0. The van der Waals surface area contributed by atoms with Crippen LogP contribution in [0.15, 0.2) is 34.5 Å². The number of phenolic OH excluding ortho intramolecular Hbond substituents is 1. The average molecular weight is 442 g/mol. The van der Waals surface area contributed by atoms with Gasteiger partial charge in [0.2, 0.25) is 0 Å². The predicted molar refractivity (Wildman–Crippen MR) is 119 cm³/mol. The summed E-state index contributed by atoms with van der Waals surface area (Å²) in [6, 6.07) is 4.96. The smallest absolute Gasteiger partial charge is 0.315 e. The number of esters is 1. The zero-order valence-electron chi connectivity index (χ0n) is 19.1. The van der Waals surface area contributed by atoms with E-state index in [1.165, 1.54) is 13.2 Å². The third kappa shape index (κ3) is 4.31. The van der Waals surface area contributed by atoms with Crippen LogP contribution in [0.4, 0.5) is 0 Å². The van der Waals surface area contributed by atoms with Gasteiger partial charge < -0.3 is 19.3 Å². The first-order chi connectivity index (χ1) is 15.2. The molecule has 3 aliphatic rings. The fourth-order valence-electron chi connectivity index (χ4n) is 5.04. The number of benzene rings is 1. The molecule has 32 heavy (non-hydrogen) atoms. The molecule has 0 amide bonds. The van der Waals surface area contributed by atoms with Gasteiger partial charge >= 0.3 is 5.97 Å². The molecular weight excluding hydrogens is 410 g/mol. The first-order valence-electron chi connectivity index (χ1n) is 11.2. The van der Waals surface area contributed by atoms with Crippen LogP contribution in [0, 0.1) is 11.3 Å². The number of hydrogen-bond donors (Lipinski definition) is 1. The number of ketones is 1. The highest BCUT2D eigenvalue weighted by molar-refractivity contribution is 6.09. The summed E-state index contributed by atoms with van der Waals surface area (Å²) < 4.78 is 16.5. The number of ether oxygens (including phenoxy) is 3. The van der Waals surface area contributed by atoms with E-state index in [0.717, 1.165) is 18.5 Å². The Morgan fingerprint density at radius 3 is 2.78 bits per heavy atom. The third-order valence-corrected chi connectivity index (χ3v) is 6.55. The van der Waals surface area contributed by atoms with Crippen LogP contribution in [-0.4, -0.2) is 49.0 Å². The number of carbonyl (C=O) groups excluding carboxylic acids is 2. The van der Waals surface area contributed by atoms with Gasteiger partial charge in [0.05, 0.1) is 13.2 Å². The SMILES string of the molecule is COc1cc([C@H]2C3=C(CC(C)(C)CC3=O)N=C(C)C2C(=O)OC[C@H]2CCCO2)ccc1O. The van der Waals surface area contributed by atoms with E-state index in [1.807, 2.05) is 6.92 Å². The van der Waals surface area contributed by atoms with Gasteiger partial charge in [0.15, 0.2) is 17.3 Å². The van der Waals surface area contributed by atoms with Crippen molar-refractivity contribution in [3.05, 3.63) is 35.0 Å². The van der Waals surface area contributed by atoms with Crippen LogP contribution in [0.25, 0.3) is 0 Å². The molecule has 0 spiro atoms. The van der Waals surface area contributed by atoms with Gasteiger partial charge in [-0.2, -0.15) is 0 Å². The molecule has 7 heteroatoms. The minimum atomic E-state index is -0.727. The van der Waals surface area contributed by atoms with E-state index < -0.39 is 17.8 Å². The van der Waals surface area contributed by atoms with Gasteiger partial charge in [-0.1, -0.05) is 19.9 Å². The normalized spacial score (nSPS) is 27.1. The molecular formula is C25H31NO6. The second-order valence-corrected chi connectivity index (χ2v) is 9.71. The Morgan fingerprint density at radius 2 is 2.09 bits per heavy atom. The number of phenols is 1. The molecule has 0 saturated carbocycles. The number of aliphatic imine (C=N–C) groups is 1. The molecule has 1 aromatic rings. The monoisotopic (exact) mass is 441 g/mol. The average Bonchev–Trinajstić information content (AvgIpc) is 3.24. The standard InChI is InChI=1S/C25H31NO6/c1-14-21(24(29)32-13-16-6-5-9-31-16)22(15-7-8-18(27)20(10-15)30-4)23-17(26-14)11-25(2,3)12-19(23)28/h7-8,10,16,21-22,27H,5-6,9,11-13H2,1-4H3/t16-,21?,22-/m1/s1. The molecule has 1 aliphatic carbocycles. The minimum Gasteiger partial charge on any atom is -0.504 e. The highest BCUT2D eigenvalue weighted by Gasteiger charge is 2.46. The van der Waals surface area contributed by atoms with E-state index in [0.29, 0.717) is 42.0 Å². The van der Waals surface area contributed by atoms with Gasteiger partial charge in [0, 0.05) is 35.9 Å². The summed E-state index contributed by atoms with van der Waals surface area (Å²) in [5.41, 5.74) is 2.46. The van der Waals surface area contributed by atoms with E-state index in [-0.39, 0.29) is 29.7 Å². The van der Waals surface area contributed by atoms with E-state index in [1.54, 1.807) is 12.1 Å². The van der Waals surface area contributed by atoms with E-state index in [2.05, 4.69) is 13.8 Å². The number of aromatic hydroxyl groups is 1. The molecule has 3 atom stereocenters. The van der Waals surface area contributed by atoms with Crippen molar-refractivity contribution < 1.29 is 28.9 Å². The molecule has 7 nitrogen and oxygen atoms in total. The van der Waals surface area contributed by atoms with E-state index >= 15 is 0 Å². The van der Waals surface area contributed by atoms with Gasteiger partial charge in [-0.15, -0.1) is 0 Å². The molecule has 0 aromatic heterocycles. The molecule has 1 unspecified atom stereocenters. The van der Waals surface area contributed by atoms with Gasteiger partial charge in [0.1, 0.15) is 12.5 Å². The van der Waals surface area contributed by atoms with Crippen molar-refractivity contribution in [2.24, 2.45) is 16.3 Å². The lowest BCUT2D eigenvalue weighted by atomic mass is 9.67. The molecule has 1 fully saturated rings. The van der Waals surface area contributed by atoms with Crippen LogP contribution in [0.1, 0.15) is 57.9 Å². The fraction of sp³-hybridized carbons (Fsp3) is 0.560. The Labute approximate surface area is 188 Å². The summed E-state index contributed by atoms with van der Waals surface area (Å²) in [4.78, 5) is 31.3. The number of hydrogen-bond acceptors (Lipinski definition) is 7. The van der Waals surface area contributed by atoms with Crippen molar-refractivity contribution >= 4 is 17.5 Å². The fourth-order valence-corrected chi connectivity index (χ4v) is 5.04. The van der Waals surface area contributed by atoms with E-state index in [4.69, 9.17) is 19.2 Å². The van der Waals surface area contributed by atoms with Crippen molar-refractivity contribution in [1.82, 2.24) is 0 Å². The van der Waals surface area contributed by atoms with Crippen molar-refractivity contribution in [1.29, 1.82) is 0 Å². The van der Waals surface area contributed by atoms with Crippen molar-refractivity contribution in [3.63, 3.8) is 0 Å². The number of allylic oxidation sites excluding steroid dienone is 2. The minimum absolute atomic E-state index is 0.000245. The van der Waals surface area contributed by atoms with Crippen LogP contribution in [-0.2, 0) is 19.1 Å². The zero-order chi connectivity index (χ0) is 23.0. The Morgan fingerprint density at radius 1 is 1.31 bits per heavy atom. The lowest BCUT2D eigenvalue weighted by Crippen LogP contribution is -2.40. The number of rotatable bonds is 5. The second-order valence-electron chi connectivity index (χ2n) is 9.71. The number of carbonyl (C=O) groups is 2. The summed E-state index contributed by atoms with van der Waals surface area (Å²) in [5.74, 6) is -1.39. The Bertz CT molecular complexity index is 986. The van der Waals surface area contributed by atoms with Crippen LogP contribution < -0.4 is 4.74 Å². The Hall–Kier alpha value is -2.67. The zero-order valence-corrected chi connectivity index (χ0v) is 19.1. The maximum absolute atomic E-state index is 13.3. The third-order valence-electron chi connectivity index (χ3n) is 6.55. The number of Topliss-reactive ketones (excluding diaryl/α,β-unsaturated/α-hetero) is 1.